The Bertz CT molecular complexity index is 585. The smallest absolute Gasteiger partial charge is 0.228 e. The summed E-state index contributed by atoms with van der Waals surface area (Å²) in [5.74, 6) is 1.23. The molecule has 2 aliphatic rings. The predicted octanol–water partition coefficient (Wildman–Crippen LogP) is 2.69. The Balaban J connectivity index is 1.73. The molecule has 0 aromatic heterocycles. The van der Waals surface area contributed by atoms with Gasteiger partial charge in [-0.2, -0.15) is 0 Å². The summed E-state index contributed by atoms with van der Waals surface area (Å²) in [6.45, 7) is 2.00. The highest BCUT2D eigenvalue weighted by Crippen LogP contribution is 2.59. The molecule has 0 radical (unpaired) electrons. The summed E-state index contributed by atoms with van der Waals surface area (Å²) in [6.07, 6.45) is 3.13. The van der Waals surface area contributed by atoms with Gasteiger partial charge in [0.1, 0.15) is 11.5 Å². The molecule has 0 bridgehead atoms. The molecular formula is C16H21ClN2O3. The van der Waals surface area contributed by atoms with E-state index in [0.717, 1.165) is 32.4 Å². The molecule has 1 spiro atoms. The monoisotopic (exact) mass is 324 g/mol. The van der Waals surface area contributed by atoms with Crippen molar-refractivity contribution in [2.75, 3.05) is 32.6 Å². The fourth-order valence-corrected chi connectivity index (χ4v) is 3.61. The lowest BCUT2D eigenvalue weighted by Crippen LogP contribution is -2.31. The molecule has 5 nitrogen and oxygen atoms in total. The van der Waals surface area contributed by atoms with Crippen molar-refractivity contribution >= 4 is 23.2 Å². The summed E-state index contributed by atoms with van der Waals surface area (Å²) in [5.41, 5.74) is 0.799. The highest BCUT2D eigenvalue weighted by atomic mass is 35.5. The van der Waals surface area contributed by atoms with E-state index in [1.165, 1.54) is 0 Å². The van der Waals surface area contributed by atoms with Crippen molar-refractivity contribution in [3.63, 3.8) is 0 Å². The van der Waals surface area contributed by atoms with Crippen molar-refractivity contribution in [3.05, 3.63) is 17.2 Å². The number of benzene rings is 1. The number of carbonyl (C=O) groups is 1. The third-order valence-corrected chi connectivity index (χ3v) is 5.13. The van der Waals surface area contributed by atoms with Gasteiger partial charge in [-0.15, -0.1) is 0 Å². The molecule has 2 N–H and O–H groups in total. The Kier molecular flexibility index (Phi) is 4.19. The minimum absolute atomic E-state index is 0.0569. The van der Waals surface area contributed by atoms with E-state index >= 15 is 0 Å². The molecule has 1 amide bonds. The first-order valence-corrected chi connectivity index (χ1v) is 7.90. The van der Waals surface area contributed by atoms with E-state index < -0.39 is 0 Å². The molecule has 1 saturated heterocycles. The number of rotatable bonds is 4. The highest BCUT2D eigenvalue weighted by molar-refractivity contribution is 6.32. The molecule has 1 aliphatic heterocycles. The molecule has 2 fully saturated rings. The minimum Gasteiger partial charge on any atom is -0.495 e. The first kappa shape index (κ1) is 15.4. The highest BCUT2D eigenvalue weighted by Gasteiger charge is 2.57. The van der Waals surface area contributed by atoms with Crippen molar-refractivity contribution in [2.24, 2.45) is 11.3 Å². The van der Waals surface area contributed by atoms with Gasteiger partial charge in [0.25, 0.3) is 0 Å². The summed E-state index contributed by atoms with van der Waals surface area (Å²) < 4.78 is 10.5. The second-order valence-corrected chi connectivity index (χ2v) is 6.45. The third-order valence-electron chi connectivity index (χ3n) is 4.84. The standard InChI is InChI=1S/C16H21ClN2O3/c1-21-13-8-14(22-2)12(7-11(13)17)19-15(20)10-9-16(10)3-5-18-6-4-16/h7-8,10,18H,3-6,9H2,1-2H3,(H,19,20). The minimum atomic E-state index is 0.0569. The topological polar surface area (TPSA) is 59.6 Å². The average Bonchev–Trinajstić information content (AvgIpc) is 3.21. The number of nitrogens with one attached hydrogen (secondary N) is 2. The fourth-order valence-electron chi connectivity index (χ4n) is 3.37. The number of ether oxygens (including phenoxy) is 2. The number of anilines is 1. The maximum atomic E-state index is 12.5. The van der Waals surface area contributed by atoms with Crippen LogP contribution in [-0.4, -0.2) is 33.2 Å². The van der Waals surface area contributed by atoms with Gasteiger partial charge in [-0.1, -0.05) is 11.6 Å². The predicted molar refractivity (Wildman–Crippen MR) is 85.8 cm³/mol. The molecule has 3 rings (SSSR count). The normalized spacial score (nSPS) is 22.2. The van der Waals surface area contributed by atoms with E-state index in [1.54, 1.807) is 26.4 Å². The molecule has 6 heteroatoms. The lowest BCUT2D eigenvalue weighted by molar-refractivity contribution is -0.118. The zero-order valence-electron chi connectivity index (χ0n) is 12.9. The number of methoxy groups -OCH3 is 2. The molecule has 120 valence electrons. The van der Waals surface area contributed by atoms with Crippen LogP contribution in [0.5, 0.6) is 11.5 Å². The number of hydrogen-bond acceptors (Lipinski definition) is 4. The Morgan fingerprint density at radius 1 is 1.27 bits per heavy atom. The average molecular weight is 325 g/mol. The molecule has 1 heterocycles. The molecular weight excluding hydrogens is 304 g/mol. The first-order valence-electron chi connectivity index (χ1n) is 7.53. The van der Waals surface area contributed by atoms with Gasteiger partial charge < -0.3 is 20.1 Å². The lowest BCUT2D eigenvalue weighted by Gasteiger charge is -2.23. The van der Waals surface area contributed by atoms with Crippen molar-refractivity contribution in [2.45, 2.75) is 19.3 Å². The van der Waals surface area contributed by atoms with E-state index in [9.17, 15) is 4.79 Å². The van der Waals surface area contributed by atoms with Crippen LogP contribution in [0.25, 0.3) is 0 Å². The Morgan fingerprint density at radius 3 is 2.59 bits per heavy atom. The second-order valence-electron chi connectivity index (χ2n) is 6.05. The molecule has 1 saturated carbocycles. The summed E-state index contributed by atoms with van der Waals surface area (Å²) >= 11 is 6.14. The van der Waals surface area contributed by atoms with Gasteiger partial charge >= 0.3 is 0 Å². The summed E-state index contributed by atoms with van der Waals surface area (Å²) in [7, 11) is 3.10. The van der Waals surface area contributed by atoms with Gasteiger partial charge in [-0.25, -0.2) is 0 Å². The van der Waals surface area contributed by atoms with Gasteiger partial charge in [-0.05, 0) is 43.8 Å². The quantitative estimate of drug-likeness (QED) is 0.894. The first-order chi connectivity index (χ1) is 10.6. The van der Waals surface area contributed by atoms with Gasteiger partial charge in [0.05, 0.1) is 24.9 Å². The zero-order chi connectivity index (χ0) is 15.7. The van der Waals surface area contributed by atoms with Crippen molar-refractivity contribution < 1.29 is 14.3 Å². The van der Waals surface area contributed by atoms with E-state index in [0.29, 0.717) is 22.2 Å². The van der Waals surface area contributed by atoms with E-state index in [1.807, 2.05) is 0 Å². The van der Waals surface area contributed by atoms with Gasteiger partial charge in [0.15, 0.2) is 0 Å². The Hall–Kier alpha value is -1.46. The summed E-state index contributed by atoms with van der Waals surface area (Å²) in [5, 5.41) is 6.76. The van der Waals surface area contributed by atoms with Crippen molar-refractivity contribution in [1.29, 1.82) is 0 Å². The number of hydrogen-bond donors (Lipinski definition) is 2. The molecule has 1 unspecified atom stereocenters. The maximum absolute atomic E-state index is 12.5. The van der Waals surface area contributed by atoms with Crippen molar-refractivity contribution in [3.8, 4) is 11.5 Å². The van der Waals surface area contributed by atoms with Gasteiger partial charge in [0, 0.05) is 12.0 Å². The summed E-state index contributed by atoms with van der Waals surface area (Å²) in [6, 6.07) is 3.36. The van der Waals surface area contributed by atoms with Gasteiger partial charge in [0.2, 0.25) is 5.91 Å². The van der Waals surface area contributed by atoms with E-state index in [4.69, 9.17) is 21.1 Å². The van der Waals surface area contributed by atoms with Crippen LogP contribution in [0.15, 0.2) is 12.1 Å². The molecule has 1 aliphatic carbocycles. The van der Waals surface area contributed by atoms with Crippen LogP contribution in [0.2, 0.25) is 5.02 Å². The van der Waals surface area contributed by atoms with Crippen LogP contribution in [-0.2, 0) is 4.79 Å². The lowest BCUT2D eigenvalue weighted by atomic mass is 9.92. The maximum Gasteiger partial charge on any atom is 0.228 e. The Labute approximate surface area is 135 Å². The number of amides is 1. The third kappa shape index (κ3) is 2.75. The van der Waals surface area contributed by atoms with Crippen LogP contribution in [0, 0.1) is 11.3 Å². The fraction of sp³-hybridized carbons (Fsp3) is 0.562. The van der Waals surface area contributed by atoms with Crippen LogP contribution < -0.4 is 20.1 Å². The number of piperidine rings is 1. The van der Waals surface area contributed by atoms with Crippen LogP contribution in [0.1, 0.15) is 19.3 Å². The SMILES string of the molecule is COc1cc(OC)c(NC(=O)C2CC23CCNCC3)cc1Cl. The molecule has 1 aromatic carbocycles. The van der Waals surface area contributed by atoms with Crippen LogP contribution in [0.3, 0.4) is 0 Å². The van der Waals surface area contributed by atoms with E-state index in [-0.39, 0.29) is 17.2 Å². The van der Waals surface area contributed by atoms with Crippen LogP contribution in [0.4, 0.5) is 5.69 Å². The molecule has 22 heavy (non-hydrogen) atoms. The van der Waals surface area contributed by atoms with Crippen molar-refractivity contribution in [1.82, 2.24) is 5.32 Å². The summed E-state index contributed by atoms with van der Waals surface area (Å²) in [4.78, 5) is 12.5. The van der Waals surface area contributed by atoms with Crippen LogP contribution >= 0.6 is 11.6 Å². The second kappa shape index (κ2) is 5.97. The van der Waals surface area contributed by atoms with E-state index in [2.05, 4.69) is 10.6 Å². The number of carbonyl (C=O) groups excluding carboxylic acids is 1. The zero-order valence-corrected chi connectivity index (χ0v) is 13.6. The molecule has 1 aromatic rings. The van der Waals surface area contributed by atoms with Gasteiger partial charge in [-0.3, -0.25) is 4.79 Å². The Morgan fingerprint density at radius 2 is 1.95 bits per heavy atom. The largest absolute Gasteiger partial charge is 0.495 e. The molecule has 1 atom stereocenters. The number of halogens is 1.